The molecule has 0 spiro atoms. The maximum Gasteiger partial charge on any atom is 0.255 e. The first-order valence-electron chi connectivity index (χ1n) is 8.13. The second kappa shape index (κ2) is 7.88. The van der Waals surface area contributed by atoms with Gasteiger partial charge >= 0.3 is 0 Å². The van der Waals surface area contributed by atoms with Crippen LogP contribution in [0.4, 0.5) is 0 Å². The molecule has 5 heteroatoms. The number of carbonyl (C=O) groups excluding carboxylic acids is 1. The Morgan fingerprint density at radius 2 is 1.88 bits per heavy atom. The largest absolute Gasteiger partial charge is 0.492 e. The fourth-order valence-corrected chi connectivity index (χ4v) is 3.19. The molecule has 0 N–H and O–H groups in total. The lowest BCUT2D eigenvalue weighted by Gasteiger charge is -2.18. The highest BCUT2D eigenvalue weighted by molar-refractivity contribution is 9.10. The monoisotopic (exact) mass is 392 g/mol. The number of aromatic nitrogens is 1. The van der Waals surface area contributed by atoms with Crippen molar-refractivity contribution >= 4 is 21.8 Å². The third-order valence-corrected chi connectivity index (χ3v) is 4.62. The quantitative estimate of drug-likeness (QED) is 0.719. The van der Waals surface area contributed by atoms with Crippen molar-refractivity contribution in [1.82, 2.24) is 9.47 Å². The number of rotatable bonds is 6. The Balaban J connectivity index is 1.97. The summed E-state index contributed by atoms with van der Waals surface area (Å²) in [5.74, 6) is 0.839. The summed E-state index contributed by atoms with van der Waals surface area (Å²) in [6.07, 6.45) is 0. The van der Waals surface area contributed by atoms with Crippen LogP contribution in [0, 0.1) is 13.8 Å². The van der Waals surface area contributed by atoms with Gasteiger partial charge in [-0.2, -0.15) is 0 Å². The van der Waals surface area contributed by atoms with Gasteiger partial charge in [-0.05, 0) is 58.0 Å². The fourth-order valence-electron chi connectivity index (χ4n) is 2.93. The van der Waals surface area contributed by atoms with Crippen molar-refractivity contribution in [2.75, 3.05) is 20.2 Å². The first-order valence-corrected chi connectivity index (χ1v) is 8.92. The van der Waals surface area contributed by atoms with Crippen LogP contribution in [0.15, 0.2) is 34.8 Å². The van der Waals surface area contributed by atoms with Crippen molar-refractivity contribution in [1.29, 1.82) is 0 Å². The summed E-state index contributed by atoms with van der Waals surface area (Å²) in [5, 5.41) is 0. The van der Waals surface area contributed by atoms with Gasteiger partial charge < -0.3 is 14.2 Å². The summed E-state index contributed by atoms with van der Waals surface area (Å²) in [6.45, 7) is 9.31. The van der Waals surface area contributed by atoms with Crippen molar-refractivity contribution in [2.45, 2.75) is 33.7 Å². The maximum atomic E-state index is 12.7. The van der Waals surface area contributed by atoms with Crippen LogP contribution < -0.4 is 4.74 Å². The smallest absolute Gasteiger partial charge is 0.255 e. The maximum absolute atomic E-state index is 12.7. The zero-order valence-electron chi connectivity index (χ0n) is 15.0. The zero-order valence-corrected chi connectivity index (χ0v) is 16.6. The Hall–Kier alpha value is -1.75. The average molecular weight is 393 g/mol. The first kappa shape index (κ1) is 18.6. The van der Waals surface area contributed by atoms with Gasteiger partial charge in [0.05, 0.1) is 12.1 Å². The van der Waals surface area contributed by atoms with Gasteiger partial charge in [0.2, 0.25) is 0 Å². The molecule has 1 amide bonds. The van der Waals surface area contributed by atoms with Gasteiger partial charge in [0.15, 0.2) is 0 Å². The number of hydrogen-bond donors (Lipinski definition) is 0. The molecule has 1 aromatic heterocycles. The normalized spacial score (nSPS) is 11.0. The highest BCUT2D eigenvalue weighted by Gasteiger charge is 2.19. The van der Waals surface area contributed by atoms with Crippen LogP contribution in [-0.4, -0.2) is 35.6 Å². The number of benzene rings is 1. The number of aryl methyl sites for hydroxylation is 1. The number of halogens is 1. The number of carbonyl (C=O) groups is 1. The topological polar surface area (TPSA) is 34.5 Å². The van der Waals surface area contributed by atoms with Gasteiger partial charge in [-0.1, -0.05) is 15.9 Å². The molecule has 0 aliphatic rings. The van der Waals surface area contributed by atoms with E-state index in [4.69, 9.17) is 4.74 Å². The summed E-state index contributed by atoms with van der Waals surface area (Å²) >= 11 is 3.40. The van der Waals surface area contributed by atoms with Crippen LogP contribution in [0.25, 0.3) is 0 Å². The molecule has 1 aromatic carbocycles. The zero-order chi connectivity index (χ0) is 17.9. The van der Waals surface area contributed by atoms with Crippen LogP contribution in [0.3, 0.4) is 0 Å². The summed E-state index contributed by atoms with van der Waals surface area (Å²) in [6, 6.07) is 10.0. The van der Waals surface area contributed by atoms with Crippen molar-refractivity contribution in [3.63, 3.8) is 0 Å². The van der Waals surface area contributed by atoms with Gasteiger partial charge in [0.25, 0.3) is 5.91 Å². The lowest BCUT2D eigenvalue weighted by molar-refractivity contribution is 0.0773. The van der Waals surface area contributed by atoms with Gasteiger partial charge in [-0.15, -0.1) is 0 Å². The highest BCUT2D eigenvalue weighted by atomic mass is 79.9. The molecule has 2 rings (SSSR count). The van der Waals surface area contributed by atoms with E-state index in [1.807, 2.05) is 51.2 Å². The SMILES string of the molecule is Cc1cc(C(=O)N(C)CCOc2ccc(Br)cc2)c(C)n1C(C)C. The van der Waals surface area contributed by atoms with Gasteiger partial charge in [-0.3, -0.25) is 4.79 Å². The Morgan fingerprint density at radius 3 is 2.42 bits per heavy atom. The van der Waals surface area contributed by atoms with Crippen molar-refractivity contribution in [2.24, 2.45) is 0 Å². The number of ether oxygens (including phenoxy) is 1. The molecule has 0 bridgehead atoms. The Kier molecular flexibility index (Phi) is 6.10. The van der Waals surface area contributed by atoms with E-state index < -0.39 is 0 Å². The molecule has 1 heterocycles. The molecular formula is C19H25BrN2O2. The molecule has 4 nitrogen and oxygen atoms in total. The summed E-state index contributed by atoms with van der Waals surface area (Å²) in [7, 11) is 1.81. The summed E-state index contributed by atoms with van der Waals surface area (Å²) in [4.78, 5) is 14.4. The molecule has 0 fully saturated rings. The lowest BCUT2D eigenvalue weighted by Crippen LogP contribution is -2.31. The van der Waals surface area contributed by atoms with E-state index in [2.05, 4.69) is 34.3 Å². The molecule has 0 saturated heterocycles. The number of likely N-dealkylation sites (N-methyl/N-ethyl adjacent to an activating group) is 1. The molecular weight excluding hydrogens is 368 g/mol. The minimum atomic E-state index is 0.0365. The number of nitrogens with zero attached hydrogens (tertiary/aromatic N) is 2. The second-order valence-corrected chi connectivity index (χ2v) is 7.19. The summed E-state index contributed by atoms with van der Waals surface area (Å²) < 4.78 is 8.91. The minimum absolute atomic E-state index is 0.0365. The van der Waals surface area contributed by atoms with Gasteiger partial charge in [0.1, 0.15) is 12.4 Å². The van der Waals surface area contributed by atoms with E-state index >= 15 is 0 Å². The van der Waals surface area contributed by atoms with E-state index in [0.29, 0.717) is 19.2 Å². The molecule has 0 atom stereocenters. The van der Waals surface area contributed by atoms with Crippen LogP contribution in [0.1, 0.15) is 41.6 Å². The third-order valence-electron chi connectivity index (χ3n) is 4.09. The van der Waals surface area contributed by atoms with Crippen molar-refractivity contribution in [3.8, 4) is 5.75 Å². The fraction of sp³-hybridized carbons (Fsp3) is 0.421. The van der Waals surface area contributed by atoms with E-state index in [0.717, 1.165) is 27.2 Å². The molecule has 130 valence electrons. The second-order valence-electron chi connectivity index (χ2n) is 6.28. The average Bonchev–Trinajstić information content (AvgIpc) is 2.83. The molecule has 0 unspecified atom stereocenters. The van der Waals surface area contributed by atoms with Crippen molar-refractivity contribution < 1.29 is 9.53 Å². The minimum Gasteiger partial charge on any atom is -0.492 e. The molecule has 0 aliphatic carbocycles. The standard InChI is InChI=1S/C19H25BrN2O2/c1-13(2)22-14(3)12-18(15(22)4)19(23)21(5)10-11-24-17-8-6-16(20)7-9-17/h6-9,12-13H,10-11H2,1-5H3. The number of hydrogen-bond acceptors (Lipinski definition) is 2. The Morgan fingerprint density at radius 1 is 1.25 bits per heavy atom. The van der Waals surface area contributed by atoms with E-state index in [9.17, 15) is 4.79 Å². The van der Waals surface area contributed by atoms with Gasteiger partial charge in [0, 0.05) is 29.0 Å². The molecule has 2 aromatic rings. The predicted octanol–water partition coefficient (Wildman–Crippen LogP) is 4.60. The molecule has 0 radical (unpaired) electrons. The molecule has 24 heavy (non-hydrogen) atoms. The highest BCUT2D eigenvalue weighted by Crippen LogP contribution is 2.21. The number of amides is 1. The van der Waals surface area contributed by atoms with Crippen LogP contribution >= 0.6 is 15.9 Å². The van der Waals surface area contributed by atoms with E-state index in [-0.39, 0.29) is 5.91 Å². The third kappa shape index (κ3) is 4.20. The van der Waals surface area contributed by atoms with E-state index in [1.165, 1.54) is 0 Å². The molecule has 0 aliphatic heterocycles. The van der Waals surface area contributed by atoms with Gasteiger partial charge in [-0.25, -0.2) is 0 Å². The predicted molar refractivity (Wildman–Crippen MR) is 101 cm³/mol. The summed E-state index contributed by atoms with van der Waals surface area (Å²) in [5.41, 5.74) is 2.91. The lowest BCUT2D eigenvalue weighted by atomic mass is 10.2. The first-order chi connectivity index (χ1) is 11.3. The van der Waals surface area contributed by atoms with Crippen LogP contribution in [0.5, 0.6) is 5.75 Å². The Labute approximate surface area is 152 Å². The van der Waals surface area contributed by atoms with Crippen molar-refractivity contribution in [3.05, 3.63) is 51.8 Å². The Bertz CT molecular complexity index is 705. The van der Waals surface area contributed by atoms with E-state index in [1.54, 1.807) is 4.90 Å². The molecule has 0 saturated carbocycles. The van der Waals surface area contributed by atoms with Crippen LogP contribution in [-0.2, 0) is 0 Å². The van der Waals surface area contributed by atoms with Crippen LogP contribution in [0.2, 0.25) is 0 Å².